The molecule has 1 unspecified atom stereocenters. The normalized spacial score (nSPS) is 20.2. The maximum atomic E-state index is 14.0. The molecule has 0 radical (unpaired) electrons. The minimum atomic E-state index is -2.13. The van der Waals surface area contributed by atoms with Gasteiger partial charge in [0, 0.05) is 24.1 Å². The number of rotatable bonds is 9. The summed E-state index contributed by atoms with van der Waals surface area (Å²) in [6.45, 7) is 6.02. The highest BCUT2D eigenvalue weighted by Crippen LogP contribution is 2.33. The quantitative estimate of drug-likeness (QED) is 0.567. The molecule has 33 heavy (non-hydrogen) atoms. The summed E-state index contributed by atoms with van der Waals surface area (Å²) in [5.41, 5.74) is 7.14. The number of hydrogen-bond donors (Lipinski definition) is 2. The number of hydrogen-bond acceptors (Lipinski definition) is 5. The number of fused-ring (bicyclic) bond motifs is 1. The van der Waals surface area contributed by atoms with Gasteiger partial charge in [0.25, 0.3) is 5.91 Å². The molecule has 0 bridgehead atoms. The number of unbranched alkanes of at least 4 members (excludes halogenated alkanes) is 1. The highest BCUT2D eigenvalue weighted by atomic mass is 16.3. The number of Topliss-reactive ketones (excluding diaryl/α,β-unsaturated/α-hetero) is 1. The molecule has 3 N–H and O–H groups in total. The number of benzodiazepines with no additional fused rings is 1. The smallest absolute Gasteiger partial charge is 0.277 e. The lowest BCUT2D eigenvalue weighted by Crippen LogP contribution is -2.61. The topological polar surface area (TPSA) is 96.0 Å². The first-order valence-electron chi connectivity index (χ1n) is 11.7. The molecule has 176 valence electrons. The second-order valence-electron chi connectivity index (χ2n) is 9.28. The summed E-state index contributed by atoms with van der Waals surface area (Å²) in [5.74, 6) is -1.76. The lowest BCUT2D eigenvalue weighted by Gasteiger charge is -2.32. The third-order valence-corrected chi connectivity index (χ3v) is 6.24. The highest BCUT2D eigenvalue weighted by Gasteiger charge is 2.50. The summed E-state index contributed by atoms with van der Waals surface area (Å²) in [5, 5.41) is 10.9. The number of carbonyl (C=O) groups is 2. The van der Waals surface area contributed by atoms with E-state index in [1.165, 1.54) is 4.90 Å². The fourth-order valence-corrected chi connectivity index (χ4v) is 4.44. The molecule has 0 fully saturated rings. The number of para-hydroxylation sites is 1. The van der Waals surface area contributed by atoms with Crippen LogP contribution in [0.2, 0.25) is 0 Å². The SMILES string of the molecule is CCCC[C@H](O)[C@@H](CC(C)C)C(=O)C1(N)N=C(c2ccccc2)c2ccccc2N(C)C1=O. The maximum Gasteiger partial charge on any atom is 0.277 e. The van der Waals surface area contributed by atoms with Crippen LogP contribution in [0.25, 0.3) is 0 Å². The van der Waals surface area contributed by atoms with Crippen molar-refractivity contribution in [2.75, 3.05) is 11.9 Å². The van der Waals surface area contributed by atoms with E-state index in [0.717, 1.165) is 24.0 Å². The Morgan fingerprint density at radius 2 is 1.76 bits per heavy atom. The summed E-state index contributed by atoms with van der Waals surface area (Å²) < 4.78 is 0. The average Bonchev–Trinajstić information content (AvgIpc) is 2.91. The Bertz CT molecular complexity index is 1020. The van der Waals surface area contributed by atoms with Crippen LogP contribution in [0.15, 0.2) is 59.6 Å². The molecule has 2 aromatic rings. The summed E-state index contributed by atoms with van der Waals surface area (Å²) in [4.78, 5) is 33.7. The van der Waals surface area contributed by atoms with Crippen LogP contribution < -0.4 is 10.6 Å². The molecule has 1 aliphatic heterocycles. The fraction of sp³-hybridized carbons (Fsp3) is 0.444. The van der Waals surface area contributed by atoms with Crippen molar-refractivity contribution in [3.8, 4) is 0 Å². The predicted molar refractivity (Wildman–Crippen MR) is 132 cm³/mol. The Morgan fingerprint density at radius 1 is 1.12 bits per heavy atom. The molecule has 1 heterocycles. The van der Waals surface area contributed by atoms with Crippen LogP contribution in [0.1, 0.15) is 57.6 Å². The molecule has 2 aromatic carbocycles. The van der Waals surface area contributed by atoms with Gasteiger partial charge in [0.15, 0.2) is 5.78 Å². The van der Waals surface area contributed by atoms with E-state index >= 15 is 0 Å². The van der Waals surface area contributed by atoms with Gasteiger partial charge in [-0.3, -0.25) is 15.3 Å². The van der Waals surface area contributed by atoms with E-state index in [1.54, 1.807) is 7.05 Å². The summed E-state index contributed by atoms with van der Waals surface area (Å²) >= 11 is 0. The zero-order chi connectivity index (χ0) is 24.2. The van der Waals surface area contributed by atoms with Crippen molar-refractivity contribution in [3.05, 3.63) is 65.7 Å². The molecule has 0 saturated carbocycles. The number of amides is 1. The molecular formula is C27H35N3O3. The molecular weight excluding hydrogens is 414 g/mol. The van der Waals surface area contributed by atoms with Crippen molar-refractivity contribution >= 4 is 23.1 Å². The number of likely N-dealkylation sites (N-methyl/N-ethyl adjacent to an activating group) is 1. The number of nitrogens with zero attached hydrogens (tertiary/aromatic N) is 2. The highest BCUT2D eigenvalue weighted by molar-refractivity contribution is 6.26. The van der Waals surface area contributed by atoms with Crippen molar-refractivity contribution < 1.29 is 14.7 Å². The number of ketones is 1. The van der Waals surface area contributed by atoms with Crippen molar-refractivity contribution in [3.63, 3.8) is 0 Å². The number of aliphatic imine (C=N–C) groups is 1. The number of nitrogens with two attached hydrogens (primary N) is 1. The third kappa shape index (κ3) is 5.07. The molecule has 6 heteroatoms. The fourth-order valence-electron chi connectivity index (χ4n) is 4.44. The number of benzene rings is 2. The van der Waals surface area contributed by atoms with Gasteiger partial charge in [-0.25, -0.2) is 4.99 Å². The van der Waals surface area contributed by atoms with Crippen LogP contribution in [-0.4, -0.2) is 41.3 Å². The summed E-state index contributed by atoms with van der Waals surface area (Å²) in [6, 6.07) is 16.8. The lowest BCUT2D eigenvalue weighted by atomic mass is 9.81. The van der Waals surface area contributed by atoms with E-state index in [9.17, 15) is 14.7 Å². The van der Waals surface area contributed by atoms with Gasteiger partial charge in [0.05, 0.1) is 17.5 Å². The third-order valence-electron chi connectivity index (χ3n) is 6.24. The minimum absolute atomic E-state index is 0.146. The van der Waals surface area contributed by atoms with Gasteiger partial charge in [-0.2, -0.15) is 0 Å². The second-order valence-corrected chi connectivity index (χ2v) is 9.28. The second kappa shape index (κ2) is 10.4. The maximum absolute atomic E-state index is 14.0. The van der Waals surface area contributed by atoms with Gasteiger partial charge in [0.2, 0.25) is 5.66 Å². The van der Waals surface area contributed by atoms with Crippen LogP contribution in [0, 0.1) is 11.8 Å². The standard InChI is InChI=1S/C27H35N3O3/c1-5-6-16-23(31)21(17-18(2)3)25(32)27(28)26(33)30(4)22-15-11-10-14-20(22)24(29-27)19-12-8-7-9-13-19/h7-15,18,21,23,31H,5-6,16-17,28H2,1-4H3/t21-,23+,27?/m1/s1. The largest absolute Gasteiger partial charge is 0.392 e. The first-order chi connectivity index (χ1) is 15.7. The minimum Gasteiger partial charge on any atom is -0.392 e. The van der Waals surface area contributed by atoms with E-state index in [2.05, 4.69) is 4.99 Å². The van der Waals surface area contributed by atoms with E-state index in [1.807, 2.05) is 75.4 Å². The van der Waals surface area contributed by atoms with E-state index in [0.29, 0.717) is 24.2 Å². The van der Waals surface area contributed by atoms with E-state index in [4.69, 9.17) is 5.73 Å². The van der Waals surface area contributed by atoms with Crippen molar-refractivity contribution in [1.29, 1.82) is 0 Å². The van der Waals surface area contributed by atoms with Crippen LogP contribution in [0.5, 0.6) is 0 Å². The Hall–Kier alpha value is -2.83. The summed E-state index contributed by atoms with van der Waals surface area (Å²) in [6.07, 6.45) is 1.73. The van der Waals surface area contributed by atoms with Crippen molar-refractivity contribution in [1.82, 2.24) is 0 Å². The molecule has 0 spiro atoms. The molecule has 3 atom stereocenters. The molecule has 0 aliphatic carbocycles. The number of anilines is 1. The Kier molecular flexibility index (Phi) is 7.82. The van der Waals surface area contributed by atoms with Crippen LogP contribution in [-0.2, 0) is 9.59 Å². The summed E-state index contributed by atoms with van der Waals surface area (Å²) in [7, 11) is 1.62. The van der Waals surface area contributed by atoms with Gasteiger partial charge < -0.3 is 10.0 Å². The predicted octanol–water partition coefficient (Wildman–Crippen LogP) is 3.94. The van der Waals surface area contributed by atoms with Crippen LogP contribution in [0.4, 0.5) is 5.69 Å². The molecule has 3 rings (SSSR count). The Balaban J connectivity index is 2.17. The van der Waals surface area contributed by atoms with Crippen LogP contribution in [0.3, 0.4) is 0 Å². The molecule has 1 amide bonds. The zero-order valence-electron chi connectivity index (χ0n) is 20.0. The molecule has 1 aliphatic rings. The molecule has 0 aromatic heterocycles. The van der Waals surface area contributed by atoms with Gasteiger partial charge in [-0.1, -0.05) is 82.1 Å². The van der Waals surface area contributed by atoms with Crippen LogP contribution >= 0.6 is 0 Å². The number of aliphatic hydroxyl groups is 1. The number of aliphatic hydroxyl groups excluding tert-OH is 1. The first-order valence-corrected chi connectivity index (χ1v) is 11.7. The zero-order valence-corrected chi connectivity index (χ0v) is 20.0. The van der Waals surface area contributed by atoms with Gasteiger partial charge >= 0.3 is 0 Å². The Morgan fingerprint density at radius 3 is 2.39 bits per heavy atom. The van der Waals surface area contributed by atoms with Gasteiger partial charge in [-0.05, 0) is 24.8 Å². The van der Waals surface area contributed by atoms with E-state index < -0.39 is 29.4 Å². The van der Waals surface area contributed by atoms with Crippen molar-refractivity contribution in [2.45, 2.75) is 58.2 Å². The average molecular weight is 450 g/mol. The van der Waals surface area contributed by atoms with Gasteiger partial charge in [0.1, 0.15) is 0 Å². The van der Waals surface area contributed by atoms with E-state index in [-0.39, 0.29) is 5.92 Å². The Labute approximate surface area is 196 Å². The van der Waals surface area contributed by atoms with Gasteiger partial charge in [-0.15, -0.1) is 0 Å². The molecule has 0 saturated heterocycles. The monoisotopic (exact) mass is 449 g/mol. The lowest BCUT2D eigenvalue weighted by molar-refractivity contribution is -0.139. The van der Waals surface area contributed by atoms with Crippen molar-refractivity contribution in [2.24, 2.45) is 22.6 Å². The number of carbonyl (C=O) groups excluding carboxylic acids is 2. The molecule has 6 nitrogen and oxygen atoms in total. The first kappa shape index (κ1) is 24.8.